The van der Waals surface area contributed by atoms with Crippen molar-refractivity contribution in [2.45, 2.75) is 117 Å². The van der Waals surface area contributed by atoms with E-state index in [1.54, 1.807) is 31.2 Å². The molecule has 0 atom stereocenters. The number of hydrogen-bond acceptors (Lipinski definition) is 2. The maximum atomic E-state index is 12.2. The first-order valence-electron chi connectivity index (χ1n) is 11.8. The van der Waals surface area contributed by atoms with Crippen LogP contribution >= 0.6 is 0 Å². The van der Waals surface area contributed by atoms with Crippen LogP contribution in [-0.2, 0) is 0 Å². The topological polar surface area (TPSA) is 34.1 Å². The summed E-state index contributed by atoms with van der Waals surface area (Å²) in [5.74, 6) is 0.242. The number of benzene rings is 1. The highest BCUT2D eigenvalue weighted by Gasteiger charge is 2.06. The number of hydrogen-bond donors (Lipinski definition) is 0. The van der Waals surface area contributed by atoms with Gasteiger partial charge in [0, 0.05) is 17.5 Å². The monoisotopic (exact) mass is 386 g/mol. The third kappa shape index (κ3) is 12.1. The molecule has 0 N–H and O–H groups in total. The van der Waals surface area contributed by atoms with Crippen molar-refractivity contribution in [2.75, 3.05) is 0 Å². The van der Waals surface area contributed by atoms with Gasteiger partial charge in [-0.05, 0) is 13.3 Å². The molecular weight excluding hydrogens is 344 g/mol. The minimum atomic E-state index is 0.0430. The van der Waals surface area contributed by atoms with Crippen LogP contribution in [0.15, 0.2) is 24.3 Å². The first kappa shape index (κ1) is 24.6. The first-order valence-corrected chi connectivity index (χ1v) is 11.8. The smallest absolute Gasteiger partial charge is 0.162 e. The van der Waals surface area contributed by atoms with E-state index in [1.807, 2.05) is 0 Å². The van der Waals surface area contributed by atoms with Crippen LogP contribution in [0.4, 0.5) is 0 Å². The Morgan fingerprint density at radius 3 is 1.32 bits per heavy atom. The lowest BCUT2D eigenvalue weighted by atomic mass is 10.0. The van der Waals surface area contributed by atoms with Crippen molar-refractivity contribution in [1.82, 2.24) is 0 Å². The van der Waals surface area contributed by atoms with E-state index in [4.69, 9.17) is 0 Å². The summed E-state index contributed by atoms with van der Waals surface area (Å²) in [7, 11) is 0. The largest absolute Gasteiger partial charge is 0.295 e. The molecule has 158 valence electrons. The molecule has 0 spiro atoms. The Balaban J connectivity index is 1.90. The molecule has 0 saturated carbocycles. The van der Waals surface area contributed by atoms with E-state index in [-0.39, 0.29) is 11.6 Å². The van der Waals surface area contributed by atoms with Crippen molar-refractivity contribution in [3.05, 3.63) is 35.4 Å². The molecule has 1 aromatic carbocycles. The van der Waals surface area contributed by atoms with Gasteiger partial charge in [0.1, 0.15) is 0 Å². The van der Waals surface area contributed by atoms with E-state index in [2.05, 4.69) is 6.92 Å². The summed E-state index contributed by atoms with van der Waals surface area (Å²) in [6, 6.07) is 7.07. The Bertz CT molecular complexity index is 530. The van der Waals surface area contributed by atoms with Gasteiger partial charge in [0.05, 0.1) is 0 Å². The molecule has 0 bridgehead atoms. The second-order valence-electron chi connectivity index (χ2n) is 8.26. The molecular formula is C26H42O2. The molecule has 0 unspecified atom stereocenters. The third-order valence-corrected chi connectivity index (χ3v) is 5.62. The van der Waals surface area contributed by atoms with E-state index in [1.165, 1.54) is 83.5 Å². The Morgan fingerprint density at radius 1 is 0.571 bits per heavy atom. The summed E-state index contributed by atoms with van der Waals surface area (Å²) >= 11 is 0. The molecule has 1 rings (SSSR count). The number of unbranched alkanes of at least 4 members (excludes halogenated alkanes) is 14. The van der Waals surface area contributed by atoms with Crippen LogP contribution in [0, 0.1) is 0 Å². The highest BCUT2D eigenvalue weighted by atomic mass is 16.1. The molecule has 28 heavy (non-hydrogen) atoms. The van der Waals surface area contributed by atoms with Gasteiger partial charge in [-0.3, -0.25) is 9.59 Å². The van der Waals surface area contributed by atoms with Crippen molar-refractivity contribution in [3.8, 4) is 0 Å². The van der Waals surface area contributed by atoms with Gasteiger partial charge in [-0.1, -0.05) is 121 Å². The molecule has 0 saturated heterocycles. The Hall–Kier alpha value is -1.44. The van der Waals surface area contributed by atoms with Gasteiger partial charge >= 0.3 is 0 Å². The molecule has 0 aromatic heterocycles. The quantitative estimate of drug-likeness (QED) is 0.188. The van der Waals surface area contributed by atoms with E-state index >= 15 is 0 Å². The molecule has 0 amide bonds. The average molecular weight is 387 g/mol. The molecule has 0 aliphatic rings. The summed E-state index contributed by atoms with van der Waals surface area (Å²) in [4.78, 5) is 23.4. The summed E-state index contributed by atoms with van der Waals surface area (Å²) in [6.45, 7) is 3.82. The van der Waals surface area contributed by atoms with Crippen LogP contribution in [0.5, 0.6) is 0 Å². The molecule has 0 radical (unpaired) electrons. The fourth-order valence-electron chi connectivity index (χ4n) is 3.69. The van der Waals surface area contributed by atoms with Crippen LogP contribution in [0.3, 0.4) is 0 Å². The molecule has 0 fully saturated rings. The molecule has 0 heterocycles. The second-order valence-corrected chi connectivity index (χ2v) is 8.26. The number of Topliss-reactive ketones (excluding diaryl/α,β-unsaturated/α-hetero) is 2. The zero-order valence-corrected chi connectivity index (χ0v) is 18.4. The summed E-state index contributed by atoms with van der Waals surface area (Å²) in [6.07, 6.45) is 20.7. The Kier molecular flexibility index (Phi) is 14.5. The predicted molar refractivity (Wildman–Crippen MR) is 120 cm³/mol. The van der Waals surface area contributed by atoms with Crippen molar-refractivity contribution in [2.24, 2.45) is 0 Å². The fraction of sp³-hybridized carbons (Fsp3) is 0.692. The second kappa shape index (κ2) is 16.5. The molecule has 0 aliphatic carbocycles. The van der Waals surface area contributed by atoms with E-state index in [0.717, 1.165) is 18.4 Å². The van der Waals surface area contributed by atoms with Crippen LogP contribution in [-0.4, -0.2) is 11.6 Å². The first-order chi connectivity index (χ1) is 13.6. The lowest BCUT2D eigenvalue weighted by Gasteiger charge is -2.04. The zero-order chi connectivity index (χ0) is 20.5. The van der Waals surface area contributed by atoms with Gasteiger partial charge in [-0.2, -0.15) is 0 Å². The van der Waals surface area contributed by atoms with Crippen molar-refractivity contribution in [1.29, 1.82) is 0 Å². The summed E-state index contributed by atoms with van der Waals surface area (Å²) < 4.78 is 0. The maximum absolute atomic E-state index is 12.2. The van der Waals surface area contributed by atoms with Crippen molar-refractivity contribution < 1.29 is 9.59 Å². The Morgan fingerprint density at radius 2 is 0.929 bits per heavy atom. The fourth-order valence-corrected chi connectivity index (χ4v) is 3.69. The number of carbonyl (C=O) groups excluding carboxylic acids is 2. The number of rotatable bonds is 18. The van der Waals surface area contributed by atoms with E-state index in [0.29, 0.717) is 12.0 Å². The zero-order valence-electron chi connectivity index (χ0n) is 18.4. The van der Waals surface area contributed by atoms with Crippen LogP contribution in [0.25, 0.3) is 0 Å². The molecule has 2 heteroatoms. The highest BCUT2D eigenvalue weighted by Crippen LogP contribution is 2.15. The van der Waals surface area contributed by atoms with Gasteiger partial charge in [-0.15, -0.1) is 0 Å². The van der Waals surface area contributed by atoms with Gasteiger partial charge in [-0.25, -0.2) is 0 Å². The maximum Gasteiger partial charge on any atom is 0.162 e. The Labute approximate surface area is 173 Å². The minimum absolute atomic E-state index is 0.0430. The average Bonchev–Trinajstić information content (AvgIpc) is 2.70. The molecule has 0 aliphatic heterocycles. The van der Waals surface area contributed by atoms with Gasteiger partial charge in [0.15, 0.2) is 11.6 Å². The minimum Gasteiger partial charge on any atom is -0.295 e. The summed E-state index contributed by atoms with van der Waals surface area (Å²) in [5, 5.41) is 0. The molecule has 1 aromatic rings. The van der Waals surface area contributed by atoms with Crippen molar-refractivity contribution >= 4 is 11.6 Å². The van der Waals surface area contributed by atoms with E-state index in [9.17, 15) is 9.59 Å². The number of carbonyl (C=O) groups is 2. The van der Waals surface area contributed by atoms with Crippen LogP contribution in [0.2, 0.25) is 0 Å². The lowest BCUT2D eigenvalue weighted by Crippen LogP contribution is -2.00. The molecule has 2 nitrogen and oxygen atoms in total. The standard InChI is InChI=1S/C26H42O2/c1-3-4-5-6-7-8-9-10-11-12-13-14-15-16-17-18-26(28)25-21-19-24(20-22-25)23(2)27/h19-22H,3-18H2,1-2H3. The highest BCUT2D eigenvalue weighted by molar-refractivity contribution is 5.98. The number of ketones is 2. The van der Waals surface area contributed by atoms with Crippen LogP contribution in [0.1, 0.15) is 137 Å². The normalized spacial score (nSPS) is 10.9. The van der Waals surface area contributed by atoms with E-state index < -0.39 is 0 Å². The van der Waals surface area contributed by atoms with Gasteiger partial charge in [0.25, 0.3) is 0 Å². The predicted octanol–water partition coefficient (Wildman–Crippen LogP) is 8.33. The van der Waals surface area contributed by atoms with Gasteiger partial charge in [0.2, 0.25) is 0 Å². The third-order valence-electron chi connectivity index (χ3n) is 5.62. The van der Waals surface area contributed by atoms with Gasteiger partial charge < -0.3 is 0 Å². The lowest BCUT2D eigenvalue weighted by molar-refractivity contribution is 0.0975. The summed E-state index contributed by atoms with van der Waals surface area (Å²) in [5.41, 5.74) is 1.40. The van der Waals surface area contributed by atoms with Crippen LogP contribution < -0.4 is 0 Å². The SMILES string of the molecule is CCCCCCCCCCCCCCCCCC(=O)c1ccc(C(C)=O)cc1. The van der Waals surface area contributed by atoms with Crippen molar-refractivity contribution in [3.63, 3.8) is 0 Å².